The minimum absolute atomic E-state index is 0.0423. The molecule has 3 rings (SSSR count). The second kappa shape index (κ2) is 11.6. The number of amides is 2. The van der Waals surface area contributed by atoms with Gasteiger partial charge in [-0.05, 0) is 24.3 Å². The van der Waals surface area contributed by atoms with Gasteiger partial charge in [0.2, 0.25) is 0 Å². The number of hydrazone groups is 2. The fraction of sp³-hybridized carbons (Fsp3) is 0. The highest BCUT2D eigenvalue weighted by Gasteiger charge is 2.14. The zero-order chi connectivity index (χ0) is 26.2. The van der Waals surface area contributed by atoms with Crippen molar-refractivity contribution < 1.29 is 19.4 Å². The van der Waals surface area contributed by atoms with Gasteiger partial charge in [0.05, 0.1) is 22.3 Å². The Morgan fingerprint density at radius 3 is 1.58 bits per heavy atom. The van der Waals surface area contributed by atoms with E-state index in [1.54, 1.807) is 0 Å². The molecule has 1 heterocycles. The average Bonchev–Trinajstić information content (AvgIpc) is 2.85. The number of carbonyl (C=O) groups excluding carboxylic acids is 2. The van der Waals surface area contributed by atoms with E-state index in [-0.39, 0.29) is 32.8 Å². The number of rotatable bonds is 8. The van der Waals surface area contributed by atoms with Crippen LogP contribution >= 0.6 is 23.2 Å². The lowest BCUT2D eigenvalue weighted by atomic mass is 10.2. The van der Waals surface area contributed by atoms with E-state index in [2.05, 4.69) is 26.0 Å². The summed E-state index contributed by atoms with van der Waals surface area (Å²) in [5, 5.41) is 29.2. The van der Waals surface area contributed by atoms with Crippen molar-refractivity contribution in [3.05, 3.63) is 107 Å². The Bertz CT molecular complexity index is 1320. The maximum absolute atomic E-state index is 12.3. The third-order valence-electron chi connectivity index (χ3n) is 4.31. The van der Waals surface area contributed by atoms with Gasteiger partial charge in [0.1, 0.15) is 21.4 Å². The molecule has 15 heteroatoms. The lowest BCUT2D eigenvalue weighted by Crippen LogP contribution is -2.23. The second-order valence-corrected chi connectivity index (χ2v) is 7.56. The summed E-state index contributed by atoms with van der Waals surface area (Å²) in [6, 6.07) is 12.0. The molecule has 2 N–H and O–H groups in total. The van der Waals surface area contributed by atoms with Crippen molar-refractivity contribution in [2.45, 2.75) is 0 Å². The molecular formula is C21H13Cl2N7O6. The maximum Gasteiger partial charge on any atom is 0.289 e. The van der Waals surface area contributed by atoms with Gasteiger partial charge in [0, 0.05) is 23.3 Å². The van der Waals surface area contributed by atoms with Crippen molar-refractivity contribution in [3.63, 3.8) is 0 Å². The highest BCUT2D eigenvalue weighted by molar-refractivity contribution is 6.33. The third kappa shape index (κ3) is 6.65. The number of pyridine rings is 1. The van der Waals surface area contributed by atoms with Gasteiger partial charge >= 0.3 is 0 Å². The van der Waals surface area contributed by atoms with Crippen molar-refractivity contribution in [3.8, 4) is 0 Å². The topological polar surface area (TPSA) is 182 Å². The molecule has 0 fully saturated rings. The van der Waals surface area contributed by atoms with E-state index in [9.17, 15) is 29.8 Å². The SMILES string of the molecule is O=C(N/N=C/c1ccc(Cl)c([N+](=O)[O-])c1)c1cccc(C(=O)N/N=C/c2ccc(Cl)c([N+](=O)[O-])c2)n1. The maximum atomic E-state index is 12.3. The van der Waals surface area contributed by atoms with Crippen LogP contribution in [0.5, 0.6) is 0 Å². The fourth-order valence-corrected chi connectivity index (χ4v) is 3.01. The number of halogens is 2. The Morgan fingerprint density at radius 1 is 0.778 bits per heavy atom. The molecule has 0 saturated carbocycles. The molecule has 0 unspecified atom stereocenters. The van der Waals surface area contributed by atoms with Gasteiger partial charge in [0.25, 0.3) is 23.2 Å². The minimum atomic E-state index is -0.749. The number of benzene rings is 2. The van der Waals surface area contributed by atoms with Crippen LogP contribution in [0.2, 0.25) is 10.0 Å². The molecule has 0 bridgehead atoms. The van der Waals surface area contributed by atoms with Gasteiger partial charge in [-0.2, -0.15) is 10.2 Å². The lowest BCUT2D eigenvalue weighted by Gasteiger charge is -2.03. The summed E-state index contributed by atoms with van der Waals surface area (Å²) < 4.78 is 0. The number of nitro benzene ring substituents is 2. The van der Waals surface area contributed by atoms with E-state index in [0.717, 1.165) is 0 Å². The first-order valence-electron chi connectivity index (χ1n) is 9.67. The van der Waals surface area contributed by atoms with Gasteiger partial charge in [-0.25, -0.2) is 15.8 Å². The summed E-state index contributed by atoms with van der Waals surface area (Å²) in [7, 11) is 0. The molecule has 0 atom stereocenters. The van der Waals surface area contributed by atoms with E-state index < -0.39 is 21.7 Å². The molecule has 182 valence electrons. The smallest absolute Gasteiger partial charge is 0.266 e. The molecule has 13 nitrogen and oxygen atoms in total. The molecule has 36 heavy (non-hydrogen) atoms. The molecule has 0 aliphatic carbocycles. The number of carbonyl (C=O) groups is 2. The summed E-state index contributed by atoms with van der Waals surface area (Å²) >= 11 is 11.5. The zero-order valence-corrected chi connectivity index (χ0v) is 19.3. The molecule has 0 saturated heterocycles. The van der Waals surface area contributed by atoms with Crippen LogP contribution in [0.4, 0.5) is 11.4 Å². The quantitative estimate of drug-likeness (QED) is 0.253. The van der Waals surface area contributed by atoms with Crippen LogP contribution in [0.25, 0.3) is 0 Å². The highest BCUT2D eigenvalue weighted by Crippen LogP contribution is 2.25. The van der Waals surface area contributed by atoms with E-state index >= 15 is 0 Å². The second-order valence-electron chi connectivity index (χ2n) is 6.74. The van der Waals surface area contributed by atoms with E-state index in [4.69, 9.17) is 23.2 Å². The van der Waals surface area contributed by atoms with Crippen molar-refractivity contribution in [1.82, 2.24) is 15.8 Å². The minimum Gasteiger partial charge on any atom is -0.266 e. The first-order chi connectivity index (χ1) is 17.2. The predicted molar refractivity (Wildman–Crippen MR) is 131 cm³/mol. The predicted octanol–water partition coefficient (Wildman–Crippen LogP) is 3.73. The van der Waals surface area contributed by atoms with E-state index in [1.807, 2.05) is 0 Å². The van der Waals surface area contributed by atoms with Crippen molar-refractivity contribution in [1.29, 1.82) is 0 Å². The molecule has 1 aromatic heterocycles. The largest absolute Gasteiger partial charge is 0.289 e. The Morgan fingerprint density at radius 2 is 1.19 bits per heavy atom. The van der Waals surface area contributed by atoms with E-state index in [1.165, 1.54) is 67.0 Å². The average molecular weight is 530 g/mol. The van der Waals surface area contributed by atoms with Crippen LogP contribution in [0.1, 0.15) is 32.1 Å². The van der Waals surface area contributed by atoms with Crippen LogP contribution in [0.15, 0.2) is 64.8 Å². The molecular weight excluding hydrogens is 517 g/mol. The Kier molecular flexibility index (Phi) is 8.33. The van der Waals surface area contributed by atoms with Crippen molar-refractivity contribution in [2.75, 3.05) is 0 Å². The highest BCUT2D eigenvalue weighted by atomic mass is 35.5. The van der Waals surface area contributed by atoms with Gasteiger partial charge in [-0.1, -0.05) is 41.4 Å². The van der Waals surface area contributed by atoms with Gasteiger partial charge < -0.3 is 0 Å². The first-order valence-corrected chi connectivity index (χ1v) is 10.4. The molecule has 0 aliphatic rings. The molecule has 3 aromatic rings. The van der Waals surface area contributed by atoms with Crippen LogP contribution in [-0.4, -0.2) is 39.1 Å². The van der Waals surface area contributed by atoms with Crippen molar-refractivity contribution >= 4 is 58.8 Å². The van der Waals surface area contributed by atoms with Gasteiger partial charge in [-0.15, -0.1) is 0 Å². The molecule has 2 amide bonds. The van der Waals surface area contributed by atoms with Crippen molar-refractivity contribution in [2.24, 2.45) is 10.2 Å². The monoisotopic (exact) mass is 529 g/mol. The Hall–Kier alpha value is -4.75. The molecule has 2 aromatic carbocycles. The molecule has 0 aliphatic heterocycles. The zero-order valence-electron chi connectivity index (χ0n) is 17.8. The molecule has 0 radical (unpaired) electrons. The summed E-state index contributed by atoms with van der Waals surface area (Å²) in [5.41, 5.74) is 4.12. The summed E-state index contributed by atoms with van der Waals surface area (Å²) in [4.78, 5) is 49.1. The number of hydrogen-bond acceptors (Lipinski definition) is 9. The third-order valence-corrected chi connectivity index (χ3v) is 4.95. The van der Waals surface area contributed by atoms with Crippen LogP contribution in [0.3, 0.4) is 0 Å². The number of nitrogens with one attached hydrogen (secondary N) is 2. The van der Waals surface area contributed by atoms with Gasteiger partial charge in [0.15, 0.2) is 0 Å². The molecule has 0 spiro atoms. The summed E-state index contributed by atoms with van der Waals surface area (Å²) in [6.45, 7) is 0. The van der Waals surface area contributed by atoms with Crippen LogP contribution in [0, 0.1) is 20.2 Å². The number of nitro groups is 2. The van der Waals surface area contributed by atoms with Crippen LogP contribution in [-0.2, 0) is 0 Å². The fourth-order valence-electron chi connectivity index (χ4n) is 2.63. The van der Waals surface area contributed by atoms with E-state index in [0.29, 0.717) is 11.1 Å². The Labute approximate surface area is 211 Å². The normalized spacial score (nSPS) is 10.9. The van der Waals surface area contributed by atoms with Gasteiger partial charge in [-0.3, -0.25) is 29.8 Å². The number of aromatic nitrogens is 1. The number of nitrogens with zero attached hydrogens (tertiary/aromatic N) is 5. The first kappa shape index (κ1) is 25.9. The lowest BCUT2D eigenvalue weighted by molar-refractivity contribution is -0.384. The summed E-state index contributed by atoms with van der Waals surface area (Å²) in [5.74, 6) is -1.50. The number of hydrogen-bond donors (Lipinski definition) is 2. The Balaban J connectivity index is 1.63. The van der Waals surface area contributed by atoms with Crippen LogP contribution < -0.4 is 10.9 Å². The standard InChI is InChI=1S/C21H13Cl2N7O6/c22-14-6-4-12(8-18(14)29(33)34)10-24-27-20(31)16-2-1-3-17(26-16)21(32)28-25-11-13-5-7-15(23)19(9-13)30(35)36/h1-11H,(H,27,31)(H,28,32)/b24-10+,25-11+. The summed E-state index contributed by atoms with van der Waals surface area (Å²) in [6.07, 6.45) is 2.35.